The van der Waals surface area contributed by atoms with E-state index in [0.717, 1.165) is 12.4 Å². The zero-order chi connectivity index (χ0) is 12.8. The Bertz CT molecular complexity index is 368. The molecule has 7 nitrogen and oxygen atoms in total. The molecule has 17 heavy (non-hydrogen) atoms. The molecule has 0 aromatic carbocycles. The number of hydrazine groups is 1. The lowest BCUT2D eigenvalue weighted by Crippen LogP contribution is -2.43. The molecule has 1 rings (SSSR count). The van der Waals surface area contributed by atoms with Gasteiger partial charge >= 0.3 is 0 Å². The molecule has 4 N–H and O–H groups in total. The Kier molecular flexibility index (Phi) is 4.89. The van der Waals surface area contributed by atoms with Crippen LogP contribution in [0.2, 0.25) is 0 Å². The third-order valence-corrected chi connectivity index (χ3v) is 2.24. The number of aromatic nitrogens is 3. The smallest absolute Gasteiger partial charge is 0.206 e. The van der Waals surface area contributed by atoms with E-state index in [9.17, 15) is 0 Å². The summed E-state index contributed by atoms with van der Waals surface area (Å²) in [6, 6.07) is -0.00976. The Balaban J connectivity index is 2.63. The van der Waals surface area contributed by atoms with E-state index in [4.69, 9.17) is 5.84 Å². The Morgan fingerprint density at radius 1 is 1.53 bits per heavy atom. The van der Waals surface area contributed by atoms with Gasteiger partial charge in [0.05, 0.1) is 6.04 Å². The fraction of sp³-hybridized carbons (Fsp3) is 0.700. The molecule has 1 aromatic heterocycles. The fourth-order valence-electron chi connectivity index (χ4n) is 1.36. The molecule has 0 saturated heterocycles. The zero-order valence-electron chi connectivity index (χ0n) is 10.8. The van der Waals surface area contributed by atoms with Gasteiger partial charge in [0.1, 0.15) is 6.33 Å². The van der Waals surface area contributed by atoms with Crippen molar-refractivity contribution in [1.82, 2.24) is 25.5 Å². The predicted octanol–water partition coefficient (Wildman–Crippen LogP) is -0.0590. The van der Waals surface area contributed by atoms with Crippen LogP contribution in [0.25, 0.3) is 0 Å². The van der Waals surface area contributed by atoms with Gasteiger partial charge in [0.25, 0.3) is 0 Å². The maximum atomic E-state index is 5.41. The van der Waals surface area contributed by atoms with Crippen molar-refractivity contribution in [3.05, 3.63) is 12.2 Å². The lowest BCUT2D eigenvalue weighted by molar-refractivity contribution is 0.603. The van der Waals surface area contributed by atoms with Crippen LogP contribution in [0.5, 0.6) is 0 Å². The van der Waals surface area contributed by atoms with Crippen molar-refractivity contribution in [2.45, 2.75) is 26.8 Å². The largest absolute Gasteiger partial charge is 0.346 e. The molecule has 0 amide bonds. The van der Waals surface area contributed by atoms with Crippen LogP contribution in [0.3, 0.4) is 0 Å². The van der Waals surface area contributed by atoms with E-state index in [0.29, 0.717) is 11.9 Å². The summed E-state index contributed by atoms with van der Waals surface area (Å²) >= 11 is 0. The van der Waals surface area contributed by atoms with E-state index >= 15 is 0 Å². The first-order valence-electron chi connectivity index (χ1n) is 5.66. The van der Waals surface area contributed by atoms with Gasteiger partial charge in [0.15, 0.2) is 5.82 Å². The number of nitrogens with two attached hydrogens (primary N) is 1. The first-order chi connectivity index (χ1) is 8.04. The van der Waals surface area contributed by atoms with Crippen molar-refractivity contribution in [3.8, 4) is 0 Å². The molecule has 0 fully saturated rings. The lowest BCUT2D eigenvalue weighted by Gasteiger charge is -2.16. The van der Waals surface area contributed by atoms with Gasteiger partial charge in [-0.3, -0.25) is 10.4 Å². The predicted molar refractivity (Wildman–Crippen MR) is 67.0 cm³/mol. The number of aliphatic imine (C=N–C) groups is 1. The van der Waals surface area contributed by atoms with Gasteiger partial charge in [-0.25, -0.2) is 5.84 Å². The Morgan fingerprint density at radius 2 is 2.24 bits per heavy atom. The summed E-state index contributed by atoms with van der Waals surface area (Å²) in [7, 11) is 1.90. The number of aryl methyl sites for hydroxylation is 1. The summed E-state index contributed by atoms with van der Waals surface area (Å²) in [5, 5.41) is 11.0. The molecule has 0 radical (unpaired) electrons. The molecule has 0 aliphatic rings. The van der Waals surface area contributed by atoms with Gasteiger partial charge in [-0.2, -0.15) is 0 Å². The Hall–Kier alpha value is -1.63. The first-order valence-corrected chi connectivity index (χ1v) is 5.66. The van der Waals surface area contributed by atoms with Gasteiger partial charge in [-0.1, -0.05) is 13.8 Å². The highest BCUT2D eigenvalue weighted by Gasteiger charge is 2.12. The minimum absolute atomic E-state index is 0.00976. The highest BCUT2D eigenvalue weighted by atomic mass is 15.4. The second kappa shape index (κ2) is 6.19. The van der Waals surface area contributed by atoms with Crippen LogP contribution in [0.4, 0.5) is 0 Å². The number of nitrogens with one attached hydrogen (secondary N) is 2. The molecular weight excluding hydrogens is 218 g/mol. The van der Waals surface area contributed by atoms with Crippen LogP contribution in [0.1, 0.15) is 32.6 Å². The van der Waals surface area contributed by atoms with Crippen molar-refractivity contribution in [2.75, 3.05) is 6.54 Å². The quantitative estimate of drug-likeness (QED) is 0.296. The number of hydrogen-bond acceptors (Lipinski definition) is 4. The summed E-state index contributed by atoms with van der Waals surface area (Å²) in [6.45, 7) is 6.90. The average molecular weight is 239 g/mol. The van der Waals surface area contributed by atoms with Gasteiger partial charge in [-0.05, 0) is 12.8 Å². The second-order valence-electron chi connectivity index (χ2n) is 4.39. The third kappa shape index (κ3) is 4.03. The Morgan fingerprint density at radius 3 is 2.71 bits per heavy atom. The molecule has 0 saturated carbocycles. The monoisotopic (exact) mass is 239 g/mol. The van der Waals surface area contributed by atoms with Crippen LogP contribution in [0, 0.1) is 5.92 Å². The zero-order valence-corrected chi connectivity index (χ0v) is 10.8. The molecule has 1 aromatic rings. The molecule has 1 atom stereocenters. The number of guanidine groups is 1. The van der Waals surface area contributed by atoms with Crippen molar-refractivity contribution in [3.63, 3.8) is 0 Å². The standard InChI is InChI=1S/C10H21N7/c1-7(2)5-12-10(15-11)14-8(3)9-16-13-6-17(9)4/h6-8H,5,11H2,1-4H3,(H2,12,14,15). The van der Waals surface area contributed by atoms with Crippen LogP contribution in [-0.4, -0.2) is 27.3 Å². The number of nitrogens with zero attached hydrogens (tertiary/aromatic N) is 4. The second-order valence-corrected chi connectivity index (χ2v) is 4.39. The van der Waals surface area contributed by atoms with Crippen LogP contribution >= 0.6 is 0 Å². The molecule has 1 heterocycles. The van der Waals surface area contributed by atoms with Gasteiger partial charge in [0, 0.05) is 13.6 Å². The van der Waals surface area contributed by atoms with Crippen LogP contribution < -0.4 is 16.6 Å². The van der Waals surface area contributed by atoms with E-state index < -0.39 is 0 Å². The molecule has 0 spiro atoms. The highest BCUT2D eigenvalue weighted by Crippen LogP contribution is 2.06. The topological polar surface area (TPSA) is 93.2 Å². The average Bonchev–Trinajstić information content (AvgIpc) is 2.70. The van der Waals surface area contributed by atoms with Crippen molar-refractivity contribution >= 4 is 5.96 Å². The molecule has 1 unspecified atom stereocenters. The number of hydrogen-bond donors (Lipinski definition) is 3. The van der Waals surface area contributed by atoms with Crippen molar-refractivity contribution < 1.29 is 0 Å². The summed E-state index contributed by atoms with van der Waals surface area (Å²) in [5.41, 5.74) is 2.55. The third-order valence-electron chi connectivity index (χ3n) is 2.24. The first kappa shape index (κ1) is 13.4. The van der Waals surface area contributed by atoms with Gasteiger partial charge in [0.2, 0.25) is 5.96 Å². The van der Waals surface area contributed by atoms with Crippen LogP contribution in [-0.2, 0) is 7.05 Å². The molecule has 0 aliphatic heterocycles. The Labute approximate surface area is 101 Å². The number of rotatable bonds is 4. The summed E-state index contributed by atoms with van der Waals surface area (Å²) in [6.07, 6.45) is 1.66. The summed E-state index contributed by atoms with van der Waals surface area (Å²) in [5.74, 6) is 7.30. The fourth-order valence-corrected chi connectivity index (χ4v) is 1.36. The highest BCUT2D eigenvalue weighted by molar-refractivity contribution is 5.79. The SMILES string of the molecule is CC(C)CN=C(NN)NC(C)c1nncn1C. The van der Waals surface area contributed by atoms with E-state index in [1.165, 1.54) is 0 Å². The van der Waals surface area contributed by atoms with Gasteiger partial charge in [-0.15, -0.1) is 10.2 Å². The van der Waals surface area contributed by atoms with Crippen LogP contribution in [0.15, 0.2) is 11.3 Å². The molecular formula is C10H21N7. The summed E-state index contributed by atoms with van der Waals surface area (Å²) in [4.78, 5) is 4.33. The molecule has 7 heteroatoms. The van der Waals surface area contributed by atoms with E-state index in [1.54, 1.807) is 6.33 Å². The molecule has 0 aliphatic carbocycles. The molecule has 96 valence electrons. The van der Waals surface area contributed by atoms with Crippen molar-refractivity contribution in [2.24, 2.45) is 23.8 Å². The van der Waals surface area contributed by atoms with Gasteiger partial charge < -0.3 is 9.88 Å². The lowest BCUT2D eigenvalue weighted by atomic mass is 10.2. The van der Waals surface area contributed by atoms with E-state index in [2.05, 4.69) is 39.8 Å². The van der Waals surface area contributed by atoms with E-state index in [-0.39, 0.29) is 6.04 Å². The van der Waals surface area contributed by atoms with Crippen molar-refractivity contribution in [1.29, 1.82) is 0 Å². The molecule has 0 bridgehead atoms. The van der Waals surface area contributed by atoms with E-state index in [1.807, 2.05) is 18.5 Å². The minimum atomic E-state index is -0.00976. The minimum Gasteiger partial charge on any atom is -0.346 e. The maximum absolute atomic E-state index is 5.41. The normalized spacial score (nSPS) is 13.9. The summed E-state index contributed by atoms with van der Waals surface area (Å²) < 4.78 is 1.86. The maximum Gasteiger partial charge on any atom is 0.206 e.